The molecule has 6 heteroatoms. The largest absolute Gasteiger partial charge is 0.472 e. The molecule has 0 saturated heterocycles. The Balaban J connectivity index is 2.66. The van der Waals surface area contributed by atoms with Gasteiger partial charge in [0.25, 0.3) is 5.56 Å². The van der Waals surface area contributed by atoms with Crippen molar-refractivity contribution in [2.45, 2.75) is 0 Å². The maximum atomic E-state index is 12.0. The molecule has 88 valence electrons. The quantitative estimate of drug-likeness (QED) is 0.680. The predicted molar refractivity (Wildman–Crippen MR) is 59.1 cm³/mol. The topological polar surface area (TPSA) is 74.2 Å². The number of rotatable bonds is 2. The van der Waals surface area contributed by atoms with Gasteiger partial charge in [-0.1, -0.05) is 0 Å². The van der Waals surface area contributed by atoms with Gasteiger partial charge in [0.05, 0.1) is 11.8 Å². The van der Waals surface area contributed by atoms with E-state index in [1.54, 1.807) is 0 Å². The predicted octanol–water partition coefficient (Wildman–Crippen LogP) is -0.0920. The van der Waals surface area contributed by atoms with Gasteiger partial charge in [0, 0.05) is 20.3 Å². The smallest absolute Gasteiger partial charge is 0.330 e. The van der Waals surface area contributed by atoms with E-state index in [4.69, 9.17) is 4.42 Å². The summed E-state index contributed by atoms with van der Waals surface area (Å²) in [6.07, 6.45) is 3.84. The third kappa shape index (κ3) is 1.73. The van der Waals surface area contributed by atoms with Crippen molar-refractivity contribution in [2.75, 3.05) is 0 Å². The number of aromatic nitrogens is 2. The summed E-state index contributed by atoms with van der Waals surface area (Å²) in [5, 5.41) is 0. The molecule has 17 heavy (non-hydrogen) atoms. The Morgan fingerprint density at radius 1 is 1.29 bits per heavy atom. The molecule has 0 amide bonds. The van der Waals surface area contributed by atoms with E-state index in [1.807, 2.05) is 0 Å². The van der Waals surface area contributed by atoms with Gasteiger partial charge in [-0.2, -0.15) is 0 Å². The number of ketones is 1. The summed E-state index contributed by atoms with van der Waals surface area (Å²) < 4.78 is 6.87. The molecule has 0 aromatic carbocycles. The zero-order valence-corrected chi connectivity index (χ0v) is 9.34. The molecule has 0 bridgehead atoms. The number of furan rings is 1. The molecule has 2 rings (SSSR count). The van der Waals surface area contributed by atoms with E-state index >= 15 is 0 Å². The standard InChI is InChI=1S/C11H10N2O4/c1-12-5-8(10(15)13(2)11(12)16)9(14)7-3-4-17-6-7/h3-6H,1-2H3. The lowest BCUT2D eigenvalue weighted by atomic mass is 10.1. The fourth-order valence-electron chi connectivity index (χ4n) is 1.51. The third-order valence-corrected chi connectivity index (χ3v) is 2.47. The van der Waals surface area contributed by atoms with Crippen LogP contribution >= 0.6 is 0 Å². The van der Waals surface area contributed by atoms with Gasteiger partial charge in [-0.05, 0) is 6.07 Å². The van der Waals surface area contributed by atoms with Gasteiger partial charge in [-0.15, -0.1) is 0 Å². The van der Waals surface area contributed by atoms with Gasteiger partial charge >= 0.3 is 5.69 Å². The van der Waals surface area contributed by atoms with Crippen LogP contribution in [0.3, 0.4) is 0 Å². The number of nitrogens with zero attached hydrogens (tertiary/aromatic N) is 2. The van der Waals surface area contributed by atoms with Crippen molar-refractivity contribution in [1.29, 1.82) is 0 Å². The fourth-order valence-corrected chi connectivity index (χ4v) is 1.51. The molecule has 0 saturated carbocycles. The van der Waals surface area contributed by atoms with Crippen molar-refractivity contribution in [2.24, 2.45) is 14.1 Å². The average Bonchev–Trinajstić information content (AvgIpc) is 2.84. The van der Waals surface area contributed by atoms with Gasteiger partial charge in [0.1, 0.15) is 11.8 Å². The van der Waals surface area contributed by atoms with Crippen molar-refractivity contribution in [3.05, 3.63) is 56.8 Å². The third-order valence-electron chi connectivity index (χ3n) is 2.47. The average molecular weight is 234 g/mol. The molecular weight excluding hydrogens is 224 g/mol. The van der Waals surface area contributed by atoms with E-state index in [0.717, 1.165) is 4.57 Å². The van der Waals surface area contributed by atoms with E-state index in [9.17, 15) is 14.4 Å². The lowest BCUT2D eigenvalue weighted by Gasteiger charge is -2.04. The zero-order valence-electron chi connectivity index (χ0n) is 9.34. The van der Waals surface area contributed by atoms with E-state index in [0.29, 0.717) is 0 Å². The molecule has 0 aliphatic heterocycles. The number of hydrogen-bond acceptors (Lipinski definition) is 4. The highest BCUT2D eigenvalue weighted by Gasteiger charge is 2.17. The van der Waals surface area contributed by atoms with Crippen LogP contribution < -0.4 is 11.2 Å². The Morgan fingerprint density at radius 3 is 2.59 bits per heavy atom. The summed E-state index contributed by atoms with van der Waals surface area (Å²) in [6, 6.07) is 1.47. The molecule has 0 aliphatic carbocycles. The molecule has 0 spiro atoms. The molecule has 0 unspecified atom stereocenters. The van der Waals surface area contributed by atoms with E-state index in [-0.39, 0.29) is 11.1 Å². The monoisotopic (exact) mass is 234 g/mol. The maximum absolute atomic E-state index is 12.0. The first-order valence-corrected chi connectivity index (χ1v) is 4.86. The number of aryl methyl sites for hydroxylation is 1. The van der Waals surface area contributed by atoms with Crippen LogP contribution in [0.25, 0.3) is 0 Å². The van der Waals surface area contributed by atoms with Crippen LogP contribution in [-0.2, 0) is 14.1 Å². The first-order chi connectivity index (χ1) is 8.02. The second-order valence-corrected chi connectivity index (χ2v) is 3.64. The van der Waals surface area contributed by atoms with Crippen molar-refractivity contribution >= 4 is 5.78 Å². The van der Waals surface area contributed by atoms with E-state index in [2.05, 4.69) is 0 Å². The highest BCUT2D eigenvalue weighted by atomic mass is 16.3. The Morgan fingerprint density at radius 2 is 2.00 bits per heavy atom. The van der Waals surface area contributed by atoms with Crippen LogP contribution in [0.5, 0.6) is 0 Å². The minimum absolute atomic E-state index is 0.0593. The second kappa shape index (κ2) is 3.89. The summed E-state index contributed by atoms with van der Waals surface area (Å²) >= 11 is 0. The first kappa shape index (κ1) is 11.1. The molecule has 0 radical (unpaired) electrons. The minimum Gasteiger partial charge on any atom is -0.472 e. The summed E-state index contributed by atoms with van der Waals surface area (Å²) in [5.41, 5.74) is -0.866. The molecule has 0 fully saturated rings. The van der Waals surface area contributed by atoms with Crippen LogP contribution in [0.2, 0.25) is 0 Å². The molecule has 0 atom stereocenters. The van der Waals surface area contributed by atoms with Crippen molar-refractivity contribution in [1.82, 2.24) is 9.13 Å². The zero-order chi connectivity index (χ0) is 12.6. The molecule has 6 nitrogen and oxygen atoms in total. The highest BCUT2D eigenvalue weighted by molar-refractivity contribution is 6.08. The van der Waals surface area contributed by atoms with E-state index < -0.39 is 17.0 Å². The second-order valence-electron chi connectivity index (χ2n) is 3.64. The number of carbonyl (C=O) groups excluding carboxylic acids is 1. The summed E-state index contributed by atoms with van der Waals surface area (Å²) in [7, 11) is 2.81. The maximum Gasteiger partial charge on any atom is 0.330 e. The SMILES string of the molecule is Cn1cc(C(=O)c2ccoc2)c(=O)n(C)c1=O. The fraction of sp³-hybridized carbons (Fsp3) is 0.182. The number of carbonyl (C=O) groups is 1. The van der Waals surface area contributed by atoms with Crippen LogP contribution in [0.1, 0.15) is 15.9 Å². The number of hydrogen-bond donors (Lipinski definition) is 0. The first-order valence-electron chi connectivity index (χ1n) is 4.86. The normalized spacial score (nSPS) is 10.5. The van der Waals surface area contributed by atoms with Gasteiger partial charge in [-0.25, -0.2) is 4.79 Å². The summed E-state index contributed by atoms with van der Waals surface area (Å²) in [6.45, 7) is 0. The molecular formula is C11H10N2O4. The van der Waals surface area contributed by atoms with Gasteiger partial charge in [-0.3, -0.25) is 14.2 Å². The van der Waals surface area contributed by atoms with Crippen LogP contribution in [0.15, 0.2) is 38.8 Å². The molecule has 0 N–H and O–H groups in total. The van der Waals surface area contributed by atoms with Crippen LogP contribution in [0.4, 0.5) is 0 Å². The molecule has 2 aromatic rings. The molecule has 0 aliphatic rings. The van der Waals surface area contributed by atoms with Crippen molar-refractivity contribution in [3.8, 4) is 0 Å². The minimum atomic E-state index is -0.612. The van der Waals surface area contributed by atoms with E-state index in [1.165, 1.54) is 43.5 Å². The van der Waals surface area contributed by atoms with Crippen LogP contribution in [0, 0.1) is 0 Å². The van der Waals surface area contributed by atoms with Crippen molar-refractivity contribution in [3.63, 3.8) is 0 Å². The van der Waals surface area contributed by atoms with Crippen LogP contribution in [-0.4, -0.2) is 14.9 Å². The van der Waals surface area contributed by atoms with Crippen molar-refractivity contribution < 1.29 is 9.21 Å². The summed E-state index contributed by atoms with van der Waals surface area (Å²) in [4.78, 5) is 35.2. The van der Waals surface area contributed by atoms with Gasteiger partial charge in [0.15, 0.2) is 0 Å². The Labute approximate surface area is 95.7 Å². The van der Waals surface area contributed by atoms with Gasteiger partial charge in [0.2, 0.25) is 5.78 Å². The lowest BCUT2D eigenvalue weighted by Crippen LogP contribution is -2.39. The Bertz CT molecular complexity index is 676. The highest BCUT2D eigenvalue weighted by Crippen LogP contribution is 2.05. The Hall–Kier alpha value is -2.37. The molecule has 2 aromatic heterocycles. The lowest BCUT2D eigenvalue weighted by molar-refractivity contribution is 0.103. The Kier molecular flexibility index (Phi) is 2.55. The molecule has 2 heterocycles. The van der Waals surface area contributed by atoms with Gasteiger partial charge < -0.3 is 8.98 Å². The summed E-state index contributed by atoms with van der Waals surface area (Å²) in [5.74, 6) is -0.463.